The van der Waals surface area contributed by atoms with E-state index in [2.05, 4.69) is 9.97 Å². The van der Waals surface area contributed by atoms with Crippen molar-refractivity contribution in [3.63, 3.8) is 0 Å². The fourth-order valence-corrected chi connectivity index (χ4v) is 2.84. The van der Waals surface area contributed by atoms with Crippen molar-refractivity contribution in [3.8, 4) is 0 Å². The van der Waals surface area contributed by atoms with Crippen LogP contribution in [-0.2, 0) is 6.54 Å². The van der Waals surface area contributed by atoms with E-state index in [4.69, 9.17) is 17.3 Å². The second kappa shape index (κ2) is 4.26. The Balaban J connectivity index is 2.13. The highest BCUT2D eigenvalue weighted by Gasteiger charge is 2.12. The molecule has 4 nitrogen and oxygen atoms in total. The Morgan fingerprint density at radius 1 is 1.39 bits per heavy atom. The molecule has 92 valence electrons. The summed E-state index contributed by atoms with van der Waals surface area (Å²) >= 11 is 7.84. The molecular formula is C12H11ClN4S. The van der Waals surface area contributed by atoms with Crippen LogP contribution < -0.4 is 5.73 Å². The van der Waals surface area contributed by atoms with Gasteiger partial charge in [0.1, 0.15) is 0 Å². The summed E-state index contributed by atoms with van der Waals surface area (Å²) < 4.78 is 1.90. The van der Waals surface area contributed by atoms with Gasteiger partial charge in [0.25, 0.3) is 0 Å². The SMILES string of the molecule is Cc1nc(Cn2c(N)nc3cccc(Cl)c32)cs1. The van der Waals surface area contributed by atoms with Gasteiger partial charge in [-0.05, 0) is 19.1 Å². The Morgan fingerprint density at radius 2 is 2.22 bits per heavy atom. The average Bonchev–Trinajstić information content (AvgIpc) is 2.85. The van der Waals surface area contributed by atoms with Crippen LogP contribution in [0.3, 0.4) is 0 Å². The molecule has 2 N–H and O–H groups in total. The van der Waals surface area contributed by atoms with Crippen LogP contribution in [-0.4, -0.2) is 14.5 Å². The first kappa shape index (κ1) is 11.5. The summed E-state index contributed by atoms with van der Waals surface area (Å²) in [5, 5.41) is 3.72. The van der Waals surface area contributed by atoms with E-state index in [0.29, 0.717) is 17.5 Å². The molecule has 6 heteroatoms. The zero-order chi connectivity index (χ0) is 12.7. The number of aromatic nitrogens is 3. The summed E-state index contributed by atoms with van der Waals surface area (Å²) in [5.41, 5.74) is 8.60. The third-order valence-electron chi connectivity index (χ3n) is 2.73. The second-order valence-electron chi connectivity index (χ2n) is 4.02. The van der Waals surface area contributed by atoms with Crippen molar-refractivity contribution >= 4 is 39.9 Å². The molecule has 2 heterocycles. The number of nitrogens with two attached hydrogens (primary N) is 1. The smallest absolute Gasteiger partial charge is 0.201 e. The number of hydrogen-bond acceptors (Lipinski definition) is 4. The summed E-state index contributed by atoms with van der Waals surface area (Å²) in [4.78, 5) is 8.74. The molecule has 2 aromatic heterocycles. The number of nitrogens with zero attached hydrogens (tertiary/aromatic N) is 3. The summed E-state index contributed by atoms with van der Waals surface area (Å²) in [6, 6.07) is 5.61. The zero-order valence-electron chi connectivity index (χ0n) is 9.72. The molecule has 0 amide bonds. The Hall–Kier alpha value is -1.59. The van der Waals surface area contributed by atoms with Crippen LogP contribution in [0.25, 0.3) is 11.0 Å². The molecule has 0 unspecified atom stereocenters. The Labute approximate surface area is 113 Å². The standard InChI is InChI=1S/C12H11ClN4S/c1-7-15-8(6-18-7)5-17-11-9(13)3-2-4-10(11)16-12(17)14/h2-4,6H,5H2,1H3,(H2,14,16). The van der Waals surface area contributed by atoms with E-state index in [1.807, 2.05) is 35.1 Å². The molecule has 0 fully saturated rings. The molecule has 0 aliphatic heterocycles. The molecule has 3 aromatic rings. The zero-order valence-corrected chi connectivity index (χ0v) is 11.3. The highest BCUT2D eigenvalue weighted by molar-refractivity contribution is 7.09. The Kier molecular flexibility index (Phi) is 2.72. The minimum atomic E-state index is 0.462. The van der Waals surface area contributed by atoms with Gasteiger partial charge in [0.05, 0.1) is 33.3 Å². The molecule has 3 rings (SSSR count). The normalized spacial score (nSPS) is 11.2. The molecule has 0 bridgehead atoms. The molecule has 1 aromatic carbocycles. The number of aryl methyl sites for hydroxylation is 1. The largest absolute Gasteiger partial charge is 0.369 e. The van der Waals surface area contributed by atoms with Crippen molar-refractivity contribution < 1.29 is 0 Å². The Bertz CT molecular complexity index is 716. The summed E-state index contributed by atoms with van der Waals surface area (Å²) in [6.45, 7) is 2.58. The number of imidazole rings is 1. The number of halogens is 1. The molecule has 0 saturated carbocycles. The number of benzene rings is 1. The lowest BCUT2D eigenvalue weighted by molar-refractivity contribution is 0.814. The predicted molar refractivity (Wildman–Crippen MR) is 75.1 cm³/mol. The first-order valence-electron chi connectivity index (χ1n) is 5.46. The van der Waals surface area contributed by atoms with Crippen molar-refractivity contribution in [2.75, 3.05) is 5.73 Å². The molecule has 0 saturated heterocycles. The van der Waals surface area contributed by atoms with E-state index in [9.17, 15) is 0 Å². The number of para-hydroxylation sites is 1. The van der Waals surface area contributed by atoms with Gasteiger partial charge in [-0.1, -0.05) is 17.7 Å². The van der Waals surface area contributed by atoms with Gasteiger partial charge in [-0.15, -0.1) is 11.3 Å². The van der Waals surface area contributed by atoms with E-state index in [-0.39, 0.29) is 0 Å². The van der Waals surface area contributed by atoms with Crippen molar-refractivity contribution in [1.82, 2.24) is 14.5 Å². The minimum Gasteiger partial charge on any atom is -0.369 e. The summed E-state index contributed by atoms with van der Waals surface area (Å²) in [7, 11) is 0. The highest BCUT2D eigenvalue weighted by atomic mass is 35.5. The van der Waals surface area contributed by atoms with E-state index in [1.54, 1.807) is 11.3 Å². The number of hydrogen-bond donors (Lipinski definition) is 1. The molecule has 0 aliphatic carbocycles. The van der Waals surface area contributed by atoms with Gasteiger partial charge in [-0.25, -0.2) is 9.97 Å². The van der Waals surface area contributed by atoms with Crippen LogP contribution in [0, 0.1) is 6.92 Å². The third-order valence-corrected chi connectivity index (χ3v) is 3.86. The monoisotopic (exact) mass is 278 g/mol. The molecule has 18 heavy (non-hydrogen) atoms. The number of fused-ring (bicyclic) bond motifs is 1. The van der Waals surface area contributed by atoms with Crippen LogP contribution in [0.4, 0.5) is 5.95 Å². The van der Waals surface area contributed by atoms with Crippen LogP contribution in [0.1, 0.15) is 10.7 Å². The minimum absolute atomic E-state index is 0.462. The van der Waals surface area contributed by atoms with Crippen LogP contribution in [0.15, 0.2) is 23.6 Å². The van der Waals surface area contributed by atoms with Gasteiger partial charge in [-0.3, -0.25) is 0 Å². The van der Waals surface area contributed by atoms with Crippen LogP contribution in [0.2, 0.25) is 5.02 Å². The maximum absolute atomic E-state index is 6.21. The molecule has 0 spiro atoms. The third kappa shape index (κ3) is 1.85. The molecule has 0 radical (unpaired) electrons. The maximum atomic E-state index is 6.21. The van der Waals surface area contributed by atoms with E-state index < -0.39 is 0 Å². The topological polar surface area (TPSA) is 56.7 Å². The van der Waals surface area contributed by atoms with E-state index in [0.717, 1.165) is 21.7 Å². The van der Waals surface area contributed by atoms with Gasteiger partial charge < -0.3 is 10.3 Å². The average molecular weight is 279 g/mol. The van der Waals surface area contributed by atoms with Gasteiger partial charge in [0.2, 0.25) is 5.95 Å². The number of rotatable bonds is 2. The highest BCUT2D eigenvalue weighted by Crippen LogP contribution is 2.26. The van der Waals surface area contributed by atoms with Gasteiger partial charge in [0, 0.05) is 5.38 Å². The van der Waals surface area contributed by atoms with Gasteiger partial charge >= 0.3 is 0 Å². The quantitative estimate of drug-likeness (QED) is 0.784. The number of thiazole rings is 1. The second-order valence-corrected chi connectivity index (χ2v) is 5.49. The fourth-order valence-electron chi connectivity index (χ4n) is 1.96. The first-order chi connectivity index (χ1) is 8.65. The van der Waals surface area contributed by atoms with Crippen molar-refractivity contribution in [1.29, 1.82) is 0 Å². The number of anilines is 1. The predicted octanol–water partition coefficient (Wildman–Crippen LogP) is 3.09. The fraction of sp³-hybridized carbons (Fsp3) is 0.167. The first-order valence-corrected chi connectivity index (χ1v) is 6.72. The van der Waals surface area contributed by atoms with Crippen LogP contribution >= 0.6 is 22.9 Å². The molecular weight excluding hydrogens is 268 g/mol. The maximum Gasteiger partial charge on any atom is 0.201 e. The lowest BCUT2D eigenvalue weighted by Gasteiger charge is -2.05. The van der Waals surface area contributed by atoms with Gasteiger partial charge in [0.15, 0.2) is 0 Å². The van der Waals surface area contributed by atoms with Crippen molar-refractivity contribution in [3.05, 3.63) is 39.3 Å². The number of nitrogen functional groups attached to an aromatic ring is 1. The van der Waals surface area contributed by atoms with Crippen molar-refractivity contribution in [2.45, 2.75) is 13.5 Å². The summed E-state index contributed by atoms with van der Waals surface area (Å²) in [5.74, 6) is 0.462. The molecule has 0 aliphatic rings. The van der Waals surface area contributed by atoms with E-state index in [1.165, 1.54) is 0 Å². The van der Waals surface area contributed by atoms with Crippen LogP contribution in [0.5, 0.6) is 0 Å². The lowest BCUT2D eigenvalue weighted by Crippen LogP contribution is -2.05. The van der Waals surface area contributed by atoms with Gasteiger partial charge in [-0.2, -0.15) is 0 Å². The molecule has 0 atom stereocenters. The lowest BCUT2D eigenvalue weighted by atomic mass is 10.3. The van der Waals surface area contributed by atoms with Crippen molar-refractivity contribution in [2.24, 2.45) is 0 Å². The Morgan fingerprint density at radius 3 is 2.94 bits per heavy atom. The van der Waals surface area contributed by atoms with E-state index >= 15 is 0 Å². The summed E-state index contributed by atoms with van der Waals surface area (Å²) in [6.07, 6.45) is 0.